The van der Waals surface area contributed by atoms with Gasteiger partial charge in [0, 0.05) is 18.7 Å². The van der Waals surface area contributed by atoms with Crippen molar-refractivity contribution < 1.29 is 9.72 Å². The van der Waals surface area contributed by atoms with Gasteiger partial charge in [0.05, 0.1) is 16.2 Å². The van der Waals surface area contributed by atoms with Crippen LogP contribution in [0, 0.1) is 10.1 Å². The van der Waals surface area contributed by atoms with E-state index < -0.39 is 4.92 Å². The first-order valence-electron chi connectivity index (χ1n) is 5.63. The van der Waals surface area contributed by atoms with E-state index in [-0.39, 0.29) is 17.2 Å². The van der Waals surface area contributed by atoms with E-state index in [0.29, 0.717) is 12.2 Å². The van der Waals surface area contributed by atoms with Crippen molar-refractivity contribution in [2.75, 3.05) is 12.0 Å². The Kier molecular flexibility index (Phi) is 5.06. The summed E-state index contributed by atoms with van der Waals surface area (Å²) < 4.78 is 0. The number of rotatable bonds is 6. The fourth-order valence-electron chi connectivity index (χ4n) is 1.43. The van der Waals surface area contributed by atoms with Crippen LogP contribution in [0.2, 0.25) is 0 Å². The SMILES string of the molecule is CCCCNC(=O)c1cc([N+](=O)[O-])ccc1NN. The van der Waals surface area contributed by atoms with Crippen LogP contribution in [-0.4, -0.2) is 17.4 Å². The Bertz CT molecular complexity index is 448. The van der Waals surface area contributed by atoms with Gasteiger partial charge >= 0.3 is 0 Å². The molecule has 0 saturated carbocycles. The van der Waals surface area contributed by atoms with Crippen molar-refractivity contribution in [1.29, 1.82) is 0 Å². The minimum absolute atomic E-state index is 0.144. The third kappa shape index (κ3) is 3.42. The number of nitrogens with two attached hydrogens (primary N) is 1. The minimum atomic E-state index is -0.552. The Balaban J connectivity index is 2.93. The zero-order valence-corrected chi connectivity index (χ0v) is 10.1. The smallest absolute Gasteiger partial charge is 0.270 e. The number of hydrazine groups is 1. The molecule has 0 heterocycles. The molecule has 1 amide bonds. The van der Waals surface area contributed by atoms with Crippen LogP contribution in [0.5, 0.6) is 0 Å². The number of non-ortho nitro benzene ring substituents is 1. The number of nitrogens with zero attached hydrogens (tertiary/aromatic N) is 1. The number of hydrogen-bond donors (Lipinski definition) is 3. The van der Waals surface area contributed by atoms with E-state index in [1.807, 2.05) is 6.92 Å². The van der Waals surface area contributed by atoms with Crippen molar-refractivity contribution >= 4 is 17.3 Å². The number of nitrogen functional groups attached to an aromatic ring is 1. The monoisotopic (exact) mass is 252 g/mol. The third-order valence-electron chi connectivity index (χ3n) is 2.43. The average Bonchev–Trinajstić information content (AvgIpc) is 2.38. The first-order valence-corrected chi connectivity index (χ1v) is 5.63. The van der Waals surface area contributed by atoms with Gasteiger partial charge in [-0.05, 0) is 12.5 Å². The molecule has 0 bridgehead atoms. The zero-order valence-electron chi connectivity index (χ0n) is 10.1. The fraction of sp³-hybridized carbons (Fsp3) is 0.364. The molecule has 1 aromatic rings. The second-order valence-corrected chi connectivity index (χ2v) is 3.74. The summed E-state index contributed by atoms with van der Waals surface area (Å²) in [5.74, 6) is 4.89. The minimum Gasteiger partial charge on any atom is -0.352 e. The Morgan fingerprint density at radius 1 is 1.50 bits per heavy atom. The molecule has 0 radical (unpaired) electrons. The maximum absolute atomic E-state index is 11.8. The molecule has 0 saturated heterocycles. The van der Waals surface area contributed by atoms with Crippen molar-refractivity contribution in [2.24, 2.45) is 5.84 Å². The molecule has 1 aromatic carbocycles. The van der Waals surface area contributed by atoms with Crippen molar-refractivity contribution in [3.8, 4) is 0 Å². The van der Waals surface area contributed by atoms with Crippen molar-refractivity contribution in [3.63, 3.8) is 0 Å². The summed E-state index contributed by atoms with van der Waals surface area (Å²) >= 11 is 0. The molecular weight excluding hydrogens is 236 g/mol. The van der Waals surface area contributed by atoms with E-state index in [0.717, 1.165) is 12.8 Å². The summed E-state index contributed by atoms with van der Waals surface area (Å²) in [7, 11) is 0. The number of benzene rings is 1. The van der Waals surface area contributed by atoms with Gasteiger partial charge in [-0.1, -0.05) is 13.3 Å². The number of nitrogens with one attached hydrogen (secondary N) is 2. The van der Waals surface area contributed by atoms with Crippen LogP contribution in [0.25, 0.3) is 0 Å². The lowest BCUT2D eigenvalue weighted by molar-refractivity contribution is -0.384. The summed E-state index contributed by atoms with van der Waals surface area (Å²) in [6.07, 6.45) is 1.81. The van der Waals surface area contributed by atoms with Crippen LogP contribution in [0.15, 0.2) is 18.2 Å². The highest BCUT2D eigenvalue weighted by Gasteiger charge is 2.15. The first kappa shape index (κ1) is 13.9. The van der Waals surface area contributed by atoms with E-state index in [9.17, 15) is 14.9 Å². The lowest BCUT2D eigenvalue weighted by atomic mass is 10.1. The van der Waals surface area contributed by atoms with E-state index in [2.05, 4.69) is 10.7 Å². The van der Waals surface area contributed by atoms with Crippen LogP contribution in [0.1, 0.15) is 30.1 Å². The van der Waals surface area contributed by atoms with Gasteiger partial charge in [0.15, 0.2) is 0 Å². The quantitative estimate of drug-likeness (QED) is 0.307. The summed E-state index contributed by atoms with van der Waals surface area (Å²) in [6.45, 7) is 2.54. The predicted octanol–water partition coefficient (Wildman–Crippen LogP) is 1.41. The third-order valence-corrected chi connectivity index (χ3v) is 2.43. The molecular formula is C11H16N4O3. The van der Waals surface area contributed by atoms with Crippen molar-refractivity contribution in [3.05, 3.63) is 33.9 Å². The molecule has 0 fully saturated rings. The van der Waals surface area contributed by atoms with E-state index in [1.165, 1.54) is 18.2 Å². The maximum atomic E-state index is 11.8. The molecule has 0 aliphatic heterocycles. The molecule has 7 heteroatoms. The van der Waals surface area contributed by atoms with Gasteiger partial charge < -0.3 is 10.7 Å². The van der Waals surface area contributed by atoms with E-state index in [4.69, 9.17) is 5.84 Å². The largest absolute Gasteiger partial charge is 0.352 e. The molecule has 18 heavy (non-hydrogen) atoms. The number of carbonyl (C=O) groups is 1. The number of anilines is 1. The van der Waals surface area contributed by atoms with E-state index >= 15 is 0 Å². The van der Waals surface area contributed by atoms with Crippen molar-refractivity contribution in [2.45, 2.75) is 19.8 Å². The molecule has 0 aliphatic rings. The Morgan fingerprint density at radius 3 is 2.78 bits per heavy atom. The number of unbranched alkanes of at least 4 members (excludes halogenated alkanes) is 1. The second kappa shape index (κ2) is 6.55. The van der Waals surface area contributed by atoms with Crippen molar-refractivity contribution in [1.82, 2.24) is 5.32 Å². The molecule has 7 nitrogen and oxygen atoms in total. The van der Waals surface area contributed by atoms with Crippen LogP contribution < -0.4 is 16.6 Å². The van der Waals surface area contributed by atoms with Gasteiger partial charge in [0.1, 0.15) is 0 Å². The second-order valence-electron chi connectivity index (χ2n) is 3.74. The summed E-state index contributed by atoms with van der Waals surface area (Å²) in [5.41, 5.74) is 2.73. The molecule has 0 aromatic heterocycles. The van der Waals surface area contributed by atoms with Crippen LogP contribution >= 0.6 is 0 Å². The molecule has 0 unspecified atom stereocenters. The Labute approximate surface area is 104 Å². The van der Waals surface area contributed by atoms with Crippen LogP contribution in [-0.2, 0) is 0 Å². The number of nitro benzene ring substituents is 1. The average molecular weight is 252 g/mol. The topological polar surface area (TPSA) is 110 Å². The normalized spacial score (nSPS) is 9.89. The zero-order chi connectivity index (χ0) is 13.5. The van der Waals surface area contributed by atoms with Gasteiger partial charge in [-0.15, -0.1) is 0 Å². The number of carbonyl (C=O) groups excluding carboxylic acids is 1. The predicted molar refractivity (Wildman–Crippen MR) is 68.1 cm³/mol. The standard InChI is InChI=1S/C11H16N4O3/c1-2-3-6-13-11(16)9-7-8(15(17)18)4-5-10(9)14-12/h4-5,7,14H,2-3,6,12H2,1H3,(H,13,16). The Morgan fingerprint density at radius 2 is 2.22 bits per heavy atom. The fourth-order valence-corrected chi connectivity index (χ4v) is 1.43. The van der Waals surface area contributed by atoms with Gasteiger partial charge in [-0.3, -0.25) is 20.8 Å². The molecule has 0 aliphatic carbocycles. The number of amides is 1. The highest BCUT2D eigenvalue weighted by Crippen LogP contribution is 2.21. The van der Waals surface area contributed by atoms with Gasteiger partial charge in [0.25, 0.3) is 11.6 Å². The maximum Gasteiger partial charge on any atom is 0.270 e. The lowest BCUT2D eigenvalue weighted by Crippen LogP contribution is -2.26. The van der Waals surface area contributed by atoms with Crippen LogP contribution in [0.3, 0.4) is 0 Å². The summed E-state index contributed by atoms with van der Waals surface area (Å²) in [4.78, 5) is 22.0. The van der Waals surface area contributed by atoms with Gasteiger partial charge in [0.2, 0.25) is 0 Å². The summed E-state index contributed by atoms with van der Waals surface area (Å²) in [5, 5.41) is 13.3. The highest BCUT2D eigenvalue weighted by molar-refractivity contribution is 6.00. The molecule has 4 N–H and O–H groups in total. The van der Waals surface area contributed by atoms with Gasteiger partial charge in [-0.25, -0.2) is 0 Å². The molecule has 1 rings (SSSR count). The molecule has 0 spiro atoms. The lowest BCUT2D eigenvalue weighted by Gasteiger charge is -2.09. The summed E-state index contributed by atoms with van der Waals surface area (Å²) in [6, 6.07) is 3.90. The van der Waals surface area contributed by atoms with E-state index in [1.54, 1.807) is 0 Å². The van der Waals surface area contributed by atoms with Gasteiger partial charge in [-0.2, -0.15) is 0 Å². The number of nitro groups is 1. The molecule has 0 atom stereocenters. The first-order chi connectivity index (χ1) is 8.60. The number of hydrogen-bond acceptors (Lipinski definition) is 5. The Hall–Kier alpha value is -2.15. The molecule has 98 valence electrons. The van der Waals surface area contributed by atoms with Crippen LogP contribution in [0.4, 0.5) is 11.4 Å². The highest BCUT2D eigenvalue weighted by atomic mass is 16.6.